The van der Waals surface area contributed by atoms with Gasteiger partial charge in [0.25, 0.3) is 0 Å². The number of nitrogens with zero attached hydrogens (tertiary/aromatic N) is 1. The molecule has 22 heavy (non-hydrogen) atoms. The van der Waals surface area contributed by atoms with Crippen LogP contribution in [0, 0.1) is 0 Å². The number of aliphatic imine (C=N–C) groups is 1. The Hall–Kier alpha value is -2.83. The number of carboxylic acids is 1. The lowest BCUT2D eigenvalue weighted by atomic mass is 10.1. The van der Waals surface area contributed by atoms with Crippen LogP contribution in [-0.4, -0.2) is 35.5 Å². The lowest BCUT2D eigenvalue weighted by molar-refractivity contribution is -0.141. The summed E-state index contributed by atoms with van der Waals surface area (Å²) in [6.07, 6.45) is 3.63. The van der Waals surface area contributed by atoms with Crippen LogP contribution in [0.4, 0.5) is 0 Å². The Morgan fingerprint density at radius 2 is 1.95 bits per heavy atom. The molecule has 0 saturated carbocycles. The summed E-state index contributed by atoms with van der Waals surface area (Å²) in [6.45, 7) is 0.321. The zero-order chi connectivity index (χ0) is 16.4. The fourth-order valence-corrected chi connectivity index (χ4v) is 1.72. The number of carbonyl (C=O) groups is 2. The van der Waals surface area contributed by atoms with Gasteiger partial charge in [-0.1, -0.05) is 30.3 Å². The Kier molecular flexibility index (Phi) is 7.18. The summed E-state index contributed by atoms with van der Waals surface area (Å²) in [5.41, 5.74) is 11.2. The second-order valence-electron chi connectivity index (χ2n) is 4.59. The molecule has 1 unspecified atom stereocenters. The molecule has 0 fully saturated rings. The molecule has 0 radical (unpaired) electrons. The molecule has 6 N–H and O–H groups in total. The molecule has 0 aliphatic heterocycles. The van der Waals surface area contributed by atoms with E-state index in [9.17, 15) is 9.59 Å². The highest BCUT2D eigenvalue weighted by atomic mass is 16.4. The SMILES string of the molecule is NC(N)=NCCCC(NC(=O)C=Cc1ccccc1)C(=O)O. The summed E-state index contributed by atoms with van der Waals surface area (Å²) in [7, 11) is 0. The van der Waals surface area contributed by atoms with E-state index in [0.717, 1.165) is 5.56 Å². The zero-order valence-corrected chi connectivity index (χ0v) is 12.1. The first-order valence-corrected chi connectivity index (χ1v) is 6.81. The summed E-state index contributed by atoms with van der Waals surface area (Å²) in [6, 6.07) is 8.28. The molecule has 0 spiro atoms. The quantitative estimate of drug-likeness (QED) is 0.238. The number of aliphatic carboxylic acids is 1. The molecule has 0 aliphatic rings. The maximum absolute atomic E-state index is 11.7. The van der Waals surface area contributed by atoms with Gasteiger partial charge >= 0.3 is 5.97 Å². The monoisotopic (exact) mass is 304 g/mol. The fraction of sp³-hybridized carbons (Fsp3) is 0.267. The van der Waals surface area contributed by atoms with Crippen molar-refractivity contribution in [3.05, 3.63) is 42.0 Å². The molecule has 0 heterocycles. The molecule has 0 saturated heterocycles. The molecule has 1 aromatic rings. The third-order valence-electron chi connectivity index (χ3n) is 2.79. The Morgan fingerprint density at radius 1 is 1.27 bits per heavy atom. The van der Waals surface area contributed by atoms with Crippen LogP contribution in [-0.2, 0) is 9.59 Å². The van der Waals surface area contributed by atoms with Gasteiger partial charge in [0.2, 0.25) is 5.91 Å². The van der Waals surface area contributed by atoms with Gasteiger partial charge < -0.3 is 21.9 Å². The second-order valence-corrected chi connectivity index (χ2v) is 4.59. The third kappa shape index (κ3) is 7.09. The van der Waals surface area contributed by atoms with Gasteiger partial charge in [-0.2, -0.15) is 0 Å². The number of carbonyl (C=O) groups excluding carboxylic acids is 1. The van der Waals surface area contributed by atoms with Crippen molar-refractivity contribution >= 4 is 23.9 Å². The van der Waals surface area contributed by atoms with E-state index in [1.54, 1.807) is 6.08 Å². The third-order valence-corrected chi connectivity index (χ3v) is 2.79. The van der Waals surface area contributed by atoms with Crippen molar-refractivity contribution in [1.29, 1.82) is 0 Å². The molecule has 1 aromatic carbocycles. The molecule has 118 valence electrons. The number of guanidine groups is 1. The first-order chi connectivity index (χ1) is 10.5. The Balaban J connectivity index is 2.48. The second kappa shape index (κ2) is 9.17. The standard InChI is InChI=1S/C15H20N4O3/c16-15(17)18-10-4-7-12(14(21)22)19-13(20)9-8-11-5-2-1-3-6-11/h1-3,5-6,8-9,12H,4,7,10H2,(H,19,20)(H,21,22)(H4,16,17,18). The van der Waals surface area contributed by atoms with Crippen molar-refractivity contribution in [3.8, 4) is 0 Å². The van der Waals surface area contributed by atoms with Gasteiger partial charge in [0.15, 0.2) is 5.96 Å². The highest BCUT2D eigenvalue weighted by molar-refractivity contribution is 5.94. The van der Waals surface area contributed by atoms with E-state index in [0.29, 0.717) is 13.0 Å². The Labute approximate surface area is 128 Å². The summed E-state index contributed by atoms with van der Waals surface area (Å²) in [4.78, 5) is 26.6. The largest absolute Gasteiger partial charge is 0.480 e. The first kappa shape index (κ1) is 17.2. The summed E-state index contributed by atoms with van der Waals surface area (Å²) < 4.78 is 0. The number of hydrogen-bond acceptors (Lipinski definition) is 3. The van der Waals surface area contributed by atoms with E-state index in [-0.39, 0.29) is 12.4 Å². The van der Waals surface area contributed by atoms with Crippen LogP contribution in [0.2, 0.25) is 0 Å². The van der Waals surface area contributed by atoms with Gasteiger partial charge in [-0.3, -0.25) is 9.79 Å². The van der Waals surface area contributed by atoms with Crippen molar-refractivity contribution in [2.75, 3.05) is 6.54 Å². The van der Waals surface area contributed by atoms with E-state index < -0.39 is 17.9 Å². The minimum Gasteiger partial charge on any atom is -0.480 e. The van der Waals surface area contributed by atoms with Gasteiger partial charge in [0, 0.05) is 12.6 Å². The van der Waals surface area contributed by atoms with Crippen LogP contribution in [0.25, 0.3) is 6.08 Å². The molecule has 1 atom stereocenters. The number of nitrogens with two attached hydrogens (primary N) is 2. The van der Waals surface area contributed by atoms with Crippen molar-refractivity contribution < 1.29 is 14.7 Å². The molecule has 7 heteroatoms. The normalized spacial score (nSPS) is 11.8. The number of nitrogens with one attached hydrogen (secondary N) is 1. The van der Waals surface area contributed by atoms with Crippen LogP contribution in [0.5, 0.6) is 0 Å². The zero-order valence-electron chi connectivity index (χ0n) is 12.1. The average molecular weight is 304 g/mol. The maximum atomic E-state index is 11.7. The molecule has 1 amide bonds. The Bertz CT molecular complexity index is 551. The fourth-order valence-electron chi connectivity index (χ4n) is 1.72. The van der Waals surface area contributed by atoms with Gasteiger partial charge in [-0.25, -0.2) is 4.79 Å². The van der Waals surface area contributed by atoms with Gasteiger partial charge in [-0.05, 0) is 24.5 Å². The molecule has 7 nitrogen and oxygen atoms in total. The van der Waals surface area contributed by atoms with Crippen molar-refractivity contribution in [2.45, 2.75) is 18.9 Å². The lowest BCUT2D eigenvalue weighted by Crippen LogP contribution is -2.40. The first-order valence-electron chi connectivity index (χ1n) is 6.81. The van der Waals surface area contributed by atoms with Crippen LogP contribution in [0.15, 0.2) is 41.4 Å². The average Bonchev–Trinajstić information content (AvgIpc) is 2.48. The maximum Gasteiger partial charge on any atom is 0.326 e. The smallest absolute Gasteiger partial charge is 0.326 e. The van der Waals surface area contributed by atoms with Crippen molar-refractivity contribution in [1.82, 2.24) is 5.32 Å². The molecular weight excluding hydrogens is 284 g/mol. The lowest BCUT2D eigenvalue weighted by Gasteiger charge is -2.12. The van der Waals surface area contributed by atoms with E-state index in [1.807, 2.05) is 30.3 Å². The highest BCUT2D eigenvalue weighted by Gasteiger charge is 2.18. The van der Waals surface area contributed by atoms with Crippen molar-refractivity contribution in [3.63, 3.8) is 0 Å². The topological polar surface area (TPSA) is 131 Å². The van der Waals surface area contributed by atoms with Crippen LogP contribution in [0.1, 0.15) is 18.4 Å². The summed E-state index contributed by atoms with van der Waals surface area (Å²) >= 11 is 0. The summed E-state index contributed by atoms with van der Waals surface area (Å²) in [5.74, 6) is -1.59. The summed E-state index contributed by atoms with van der Waals surface area (Å²) in [5, 5.41) is 11.5. The molecule has 0 aromatic heterocycles. The number of benzene rings is 1. The van der Waals surface area contributed by atoms with Crippen LogP contribution >= 0.6 is 0 Å². The minimum atomic E-state index is -1.09. The molecular formula is C15H20N4O3. The van der Waals surface area contributed by atoms with E-state index >= 15 is 0 Å². The van der Waals surface area contributed by atoms with Gasteiger partial charge in [0.05, 0.1) is 0 Å². The number of carboxylic acid groups (broad SMARTS) is 1. The molecule has 0 bridgehead atoms. The highest BCUT2D eigenvalue weighted by Crippen LogP contribution is 2.02. The number of rotatable bonds is 8. The van der Waals surface area contributed by atoms with E-state index in [4.69, 9.17) is 16.6 Å². The van der Waals surface area contributed by atoms with Gasteiger partial charge in [-0.15, -0.1) is 0 Å². The van der Waals surface area contributed by atoms with E-state index in [2.05, 4.69) is 10.3 Å². The molecule has 1 rings (SSSR count). The number of hydrogen-bond donors (Lipinski definition) is 4. The minimum absolute atomic E-state index is 0.0401. The Morgan fingerprint density at radius 3 is 2.55 bits per heavy atom. The van der Waals surface area contributed by atoms with E-state index in [1.165, 1.54) is 6.08 Å². The predicted octanol–water partition coefficient (Wildman–Crippen LogP) is 0.323. The van der Waals surface area contributed by atoms with Gasteiger partial charge in [0.1, 0.15) is 6.04 Å². The van der Waals surface area contributed by atoms with Crippen LogP contribution < -0.4 is 16.8 Å². The number of amides is 1. The van der Waals surface area contributed by atoms with Crippen LogP contribution in [0.3, 0.4) is 0 Å². The molecule has 0 aliphatic carbocycles. The van der Waals surface area contributed by atoms with Crippen molar-refractivity contribution in [2.24, 2.45) is 16.5 Å². The predicted molar refractivity (Wildman–Crippen MR) is 85.0 cm³/mol.